The average molecular weight is 319 g/mol. The Balaban J connectivity index is 2.27. The van der Waals surface area contributed by atoms with Crippen LogP contribution >= 0.6 is 10.7 Å². The monoisotopic (exact) mass is 318 g/mol. The molecule has 112 valence electrons. The highest BCUT2D eigenvalue weighted by atomic mass is 35.7. The molecule has 1 amide bonds. The van der Waals surface area contributed by atoms with Crippen molar-refractivity contribution in [1.82, 2.24) is 9.47 Å². The van der Waals surface area contributed by atoms with Gasteiger partial charge in [-0.25, -0.2) is 8.42 Å². The lowest BCUT2D eigenvalue weighted by Gasteiger charge is -2.30. The Hall–Kier alpha value is -1.01. The lowest BCUT2D eigenvalue weighted by atomic mass is 9.99. The number of piperidine rings is 1. The zero-order chi connectivity index (χ0) is 14.9. The van der Waals surface area contributed by atoms with Gasteiger partial charge < -0.3 is 9.47 Å². The highest BCUT2D eigenvalue weighted by Gasteiger charge is 2.25. The summed E-state index contributed by atoms with van der Waals surface area (Å²) in [4.78, 5) is 14.3. The van der Waals surface area contributed by atoms with Gasteiger partial charge in [0.05, 0.1) is 0 Å². The topological polar surface area (TPSA) is 59.4 Å². The minimum Gasteiger partial charge on any atom is -0.342 e. The highest BCUT2D eigenvalue weighted by Crippen LogP contribution is 2.22. The number of amides is 1. The molecule has 0 aliphatic carbocycles. The number of hydrogen-bond acceptors (Lipinski definition) is 3. The number of carbonyl (C=O) groups is 1. The van der Waals surface area contributed by atoms with Gasteiger partial charge in [0.2, 0.25) is 0 Å². The molecule has 0 bridgehead atoms. The summed E-state index contributed by atoms with van der Waals surface area (Å²) < 4.78 is 24.4. The average Bonchev–Trinajstić information content (AvgIpc) is 2.82. The van der Waals surface area contributed by atoms with Crippen molar-refractivity contribution in [1.29, 1.82) is 0 Å². The number of halogens is 1. The van der Waals surface area contributed by atoms with E-state index in [1.54, 1.807) is 9.47 Å². The van der Waals surface area contributed by atoms with E-state index in [1.165, 1.54) is 12.3 Å². The van der Waals surface area contributed by atoms with Gasteiger partial charge >= 0.3 is 0 Å². The summed E-state index contributed by atoms with van der Waals surface area (Å²) in [5, 5.41) is 0. The normalized spacial score (nSPS) is 17.4. The molecule has 1 fully saturated rings. The van der Waals surface area contributed by atoms with Crippen LogP contribution in [-0.2, 0) is 15.6 Å². The van der Waals surface area contributed by atoms with Crippen LogP contribution in [0.25, 0.3) is 0 Å². The van der Waals surface area contributed by atoms with Crippen molar-refractivity contribution in [2.45, 2.75) is 38.1 Å². The molecule has 1 aromatic heterocycles. The standard InChI is InChI=1S/C13H19ClN2O3S/c1-3-15-9-11(20(14,18)19)8-12(15)13(17)16-6-4-10(2)5-7-16/h8-10H,3-7H2,1-2H3. The van der Waals surface area contributed by atoms with Crippen molar-refractivity contribution in [3.8, 4) is 0 Å². The number of likely N-dealkylation sites (tertiary alicyclic amines) is 1. The zero-order valence-electron chi connectivity index (χ0n) is 11.7. The van der Waals surface area contributed by atoms with Gasteiger partial charge in [-0.2, -0.15) is 0 Å². The smallest absolute Gasteiger partial charge is 0.270 e. The van der Waals surface area contributed by atoms with Crippen LogP contribution in [0, 0.1) is 5.92 Å². The van der Waals surface area contributed by atoms with Crippen LogP contribution in [0.4, 0.5) is 0 Å². The Bertz CT molecular complexity index is 601. The third-order valence-electron chi connectivity index (χ3n) is 3.78. The van der Waals surface area contributed by atoms with Crippen molar-refractivity contribution < 1.29 is 13.2 Å². The molecule has 0 unspecified atom stereocenters. The van der Waals surface area contributed by atoms with E-state index in [2.05, 4.69) is 6.92 Å². The third-order valence-corrected chi connectivity index (χ3v) is 5.10. The van der Waals surface area contributed by atoms with Gasteiger partial charge in [-0.3, -0.25) is 4.79 Å². The van der Waals surface area contributed by atoms with Crippen molar-refractivity contribution in [3.63, 3.8) is 0 Å². The van der Waals surface area contributed by atoms with E-state index in [1.807, 2.05) is 6.92 Å². The largest absolute Gasteiger partial charge is 0.342 e. The second-order valence-electron chi connectivity index (χ2n) is 5.26. The molecule has 1 aliphatic rings. The van der Waals surface area contributed by atoms with E-state index < -0.39 is 9.05 Å². The molecule has 0 saturated carbocycles. The van der Waals surface area contributed by atoms with Gasteiger partial charge in [-0.05, 0) is 31.7 Å². The molecule has 0 spiro atoms. The Labute approximate surface area is 123 Å². The lowest BCUT2D eigenvalue weighted by molar-refractivity contribution is 0.0686. The Morgan fingerprint density at radius 3 is 2.50 bits per heavy atom. The first kappa shape index (κ1) is 15.4. The van der Waals surface area contributed by atoms with Gasteiger partial charge in [-0.15, -0.1) is 0 Å². The van der Waals surface area contributed by atoms with Gasteiger partial charge in [0.1, 0.15) is 10.6 Å². The van der Waals surface area contributed by atoms with Gasteiger partial charge in [0, 0.05) is 36.5 Å². The van der Waals surface area contributed by atoms with Crippen molar-refractivity contribution in [3.05, 3.63) is 18.0 Å². The SMILES string of the molecule is CCn1cc(S(=O)(=O)Cl)cc1C(=O)N1CCC(C)CC1. The summed E-state index contributed by atoms with van der Waals surface area (Å²) in [6, 6.07) is 1.37. The number of carbonyl (C=O) groups excluding carboxylic acids is 1. The van der Waals surface area contributed by atoms with Crippen LogP contribution in [0.3, 0.4) is 0 Å². The Morgan fingerprint density at radius 2 is 2.00 bits per heavy atom. The van der Waals surface area contributed by atoms with E-state index in [9.17, 15) is 13.2 Å². The highest BCUT2D eigenvalue weighted by molar-refractivity contribution is 8.13. The molecule has 2 rings (SSSR count). The summed E-state index contributed by atoms with van der Waals surface area (Å²) in [6.07, 6.45) is 3.39. The molecule has 20 heavy (non-hydrogen) atoms. The second kappa shape index (κ2) is 5.77. The number of aryl methyl sites for hydroxylation is 1. The maximum Gasteiger partial charge on any atom is 0.270 e. The maximum absolute atomic E-state index is 12.5. The van der Waals surface area contributed by atoms with Crippen LogP contribution < -0.4 is 0 Å². The Morgan fingerprint density at radius 1 is 1.40 bits per heavy atom. The molecule has 1 aromatic rings. The van der Waals surface area contributed by atoms with Gasteiger partial charge in [0.25, 0.3) is 15.0 Å². The van der Waals surface area contributed by atoms with E-state index in [4.69, 9.17) is 10.7 Å². The van der Waals surface area contributed by atoms with Crippen molar-refractivity contribution >= 4 is 25.6 Å². The van der Waals surface area contributed by atoms with Crippen LogP contribution in [0.5, 0.6) is 0 Å². The zero-order valence-corrected chi connectivity index (χ0v) is 13.2. The lowest BCUT2D eigenvalue weighted by Crippen LogP contribution is -2.38. The first-order valence-corrected chi connectivity index (χ1v) is 9.08. The van der Waals surface area contributed by atoms with Gasteiger partial charge in [-0.1, -0.05) is 6.92 Å². The predicted octanol–water partition coefficient (Wildman–Crippen LogP) is 2.31. The number of hydrogen-bond donors (Lipinski definition) is 0. The van der Waals surface area contributed by atoms with Crippen LogP contribution in [0.15, 0.2) is 17.2 Å². The number of rotatable bonds is 3. The Kier molecular flexibility index (Phi) is 4.44. The molecule has 2 heterocycles. The molecule has 0 aromatic carbocycles. The quantitative estimate of drug-likeness (QED) is 0.804. The van der Waals surface area contributed by atoms with E-state index in [0.717, 1.165) is 25.9 Å². The molecule has 7 heteroatoms. The predicted molar refractivity (Wildman–Crippen MR) is 77.4 cm³/mol. The summed E-state index contributed by atoms with van der Waals surface area (Å²) in [5.74, 6) is 0.515. The molecule has 1 aliphatic heterocycles. The first-order chi connectivity index (χ1) is 9.32. The third kappa shape index (κ3) is 3.17. The molecular weight excluding hydrogens is 300 g/mol. The van der Waals surface area contributed by atoms with E-state index >= 15 is 0 Å². The fourth-order valence-electron chi connectivity index (χ4n) is 2.43. The van der Waals surface area contributed by atoms with Crippen molar-refractivity contribution in [2.24, 2.45) is 5.92 Å². The second-order valence-corrected chi connectivity index (χ2v) is 7.83. The summed E-state index contributed by atoms with van der Waals surface area (Å²) in [6.45, 7) is 6.00. The minimum atomic E-state index is -3.81. The summed E-state index contributed by atoms with van der Waals surface area (Å²) in [7, 11) is 1.54. The molecular formula is C13H19ClN2O3S. The molecule has 0 atom stereocenters. The molecule has 5 nitrogen and oxygen atoms in total. The fraction of sp³-hybridized carbons (Fsp3) is 0.615. The van der Waals surface area contributed by atoms with E-state index in [0.29, 0.717) is 18.2 Å². The molecule has 0 radical (unpaired) electrons. The van der Waals surface area contributed by atoms with Crippen LogP contribution in [0.2, 0.25) is 0 Å². The minimum absolute atomic E-state index is 0.0188. The number of nitrogens with zero attached hydrogens (tertiary/aromatic N) is 2. The fourth-order valence-corrected chi connectivity index (χ4v) is 3.19. The molecule has 0 N–H and O–H groups in total. The first-order valence-electron chi connectivity index (χ1n) is 6.77. The summed E-state index contributed by atoms with van der Waals surface area (Å²) in [5.41, 5.74) is 0.390. The molecule has 1 saturated heterocycles. The van der Waals surface area contributed by atoms with Gasteiger partial charge in [0.15, 0.2) is 0 Å². The van der Waals surface area contributed by atoms with E-state index in [-0.39, 0.29) is 10.8 Å². The van der Waals surface area contributed by atoms with Crippen LogP contribution in [0.1, 0.15) is 37.2 Å². The number of aromatic nitrogens is 1. The summed E-state index contributed by atoms with van der Waals surface area (Å²) >= 11 is 0. The van der Waals surface area contributed by atoms with Crippen molar-refractivity contribution in [2.75, 3.05) is 13.1 Å². The van der Waals surface area contributed by atoms with Crippen LogP contribution in [-0.4, -0.2) is 36.9 Å². The maximum atomic E-state index is 12.5.